The van der Waals surface area contributed by atoms with Gasteiger partial charge in [-0.2, -0.15) is 0 Å². The maximum Gasteiger partial charge on any atom is 0.0914 e. The van der Waals surface area contributed by atoms with Crippen LogP contribution in [0.15, 0.2) is 47.8 Å². The Morgan fingerprint density at radius 2 is 1.94 bits per heavy atom. The first-order valence-electron chi connectivity index (χ1n) is 5.82. The van der Waals surface area contributed by atoms with Crippen molar-refractivity contribution < 1.29 is 5.11 Å². The van der Waals surface area contributed by atoms with E-state index in [0.29, 0.717) is 6.54 Å². The molecular weight excluding hydrogens is 230 g/mol. The Balaban J connectivity index is 1.68. The largest absolute Gasteiger partial charge is 0.387 e. The van der Waals surface area contributed by atoms with E-state index >= 15 is 0 Å². The van der Waals surface area contributed by atoms with Crippen molar-refractivity contribution in [2.75, 3.05) is 13.1 Å². The summed E-state index contributed by atoms with van der Waals surface area (Å²) >= 11 is 1.78. The normalized spacial score (nSPS) is 12.5. The third-order valence-electron chi connectivity index (χ3n) is 2.65. The summed E-state index contributed by atoms with van der Waals surface area (Å²) in [6.45, 7) is 1.51. The summed E-state index contributed by atoms with van der Waals surface area (Å²) in [6, 6.07) is 14.0. The maximum absolute atomic E-state index is 9.92. The molecule has 0 aliphatic heterocycles. The van der Waals surface area contributed by atoms with Gasteiger partial charge in [-0.05, 0) is 23.4 Å². The number of hydrogen-bond acceptors (Lipinski definition) is 3. The number of rotatable bonds is 6. The lowest BCUT2D eigenvalue weighted by molar-refractivity contribution is 0.175. The Morgan fingerprint density at radius 3 is 2.65 bits per heavy atom. The Morgan fingerprint density at radius 1 is 1.12 bits per heavy atom. The van der Waals surface area contributed by atoms with E-state index in [1.165, 1.54) is 4.88 Å². The molecule has 2 nitrogen and oxygen atoms in total. The lowest BCUT2D eigenvalue weighted by Gasteiger charge is -2.11. The molecule has 2 rings (SSSR count). The van der Waals surface area contributed by atoms with Gasteiger partial charge < -0.3 is 10.4 Å². The van der Waals surface area contributed by atoms with Gasteiger partial charge in [-0.15, -0.1) is 11.3 Å². The van der Waals surface area contributed by atoms with Gasteiger partial charge in [0.25, 0.3) is 0 Å². The number of nitrogens with one attached hydrogen (secondary N) is 1. The number of thiophene rings is 1. The molecule has 0 amide bonds. The van der Waals surface area contributed by atoms with Gasteiger partial charge in [0.05, 0.1) is 6.10 Å². The highest BCUT2D eigenvalue weighted by molar-refractivity contribution is 7.09. The Hall–Kier alpha value is -1.16. The van der Waals surface area contributed by atoms with Gasteiger partial charge in [0.15, 0.2) is 0 Å². The van der Waals surface area contributed by atoms with Gasteiger partial charge in [0.2, 0.25) is 0 Å². The summed E-state index contributed by atoms with van der Waals surface area (Å²) in [5.74, 6) is 0. The van der Waals surface area contributed by atoms with Crippen molar-refractivity contribution >= 4 is 11.3 Å². The van der Waals surface area contributed by atoms with Crippen LogP contribution in [0, 0.1) is 0 Å². The SMILES string of the molecule is OC(CNCCc1cccs1)c1ccccc1. The zero-order valence-corrected chi connectivity index (χ0v) is 10.5. The van der Waals surface area contributed by atoms with E-state index in [4.69, 9.17) is 0 Å². The fourth-order valence-corrected chi connectivity index (χ4v) is 2.41. The zero-order chi connectivity index (χ0) is 11.9. The number of aliphatic hydroxyl groups is 1. The highest BCUT2D eigenvalue weighted by Gasteiger charge is 2.05. The average Bonchev–Trinajstić information content (AvgIpc) is 2.88. The van der Waals surface area contributed by atoms with Crippen LogP contribution >= 0.6 is 11.3 Å². The predicted octanol–water partition coefficient (Wildman–Crippen LogP) is 2.61. The standard InChI is InChI=1S/C14H17NOS/c16-14(12-5-2-1-3-6-12)11-15-9-8-13-7-4-10-17-13/h1-7,10,14-16H,8-9,11H2. The number of benzene rings is 1. The van der Waals surface area contributed by atoms with Crippen LogP contribution in [0.5, 0.6) is 0 Å². The van der Waals surface area contributed by atoms with Crippen LogP contribution in [0.25, 0.3) is 0 Å². The van der Waals surface area contributed by atoms with Crippen LogP contribution < -0.4 is 5.32 Å². The van der Waals surface area contributed by atoms with Crippen LogP contribution in [0.4, 0.5) is 0 Å². The average molecular weight is 247 g/mol. The molecule has 2 aromatic rings. The first kappa shape index (κ1) is 12.3. The molecule has 1 aromatic heterocycles. The quantitative estimate of drug-likeness (QED) is 0.769. The van der Waals surface area contributed by atoms with Crippen molar-refractivity contribution in [2.45, 2.75) is 12.5 Å². The minimum absolute atomic E-state index is 0.417. The van der Waals surface area contributed by atoms with E-state index in [1.54, 1.807) is 11.3 Å². The van der Waals surface area contributed by atoms with E-state index in [0.717, 1.165) is 18.5 Å². The van der Waals surface area contributed by atoms with E-state index in [-0.39, 0.29) is 0 Å². The zero-order valence-electron chi connectivity index (χ0n) is 9.67. The maximum atomic E-state index is 9.92. The van der Waals surface area contributed by atoms with Crippen LogP contribution in [0.2, 0.25) is 0 Å². The fourth-order valence-electron chi connectivity index (χ4n) is 1.70. The molecule has 0 saturated carbocycles. The molecule has 2 N–H and O–H groups in total. The van der Waals surface area contributed by atoms with Crippen molar-refractivity contribution in [3.05, 3.63) is 58.3 Å². The second-order valence-electron chi connectivity index (χ2n) is 3.96. The molecule has 90 valence electrons. The topological polar surface area (TPSA) is 32.3 Å². The minimum atomic E-state index is -0.417. The monoisotopic (exact) mass is 247 g/mol. The van der Waals surface area contributed by atoms with Crippen molar-refractivity contribution in [2.24, 2.45) is 0 Å². The predicted molar refractivity (Wildman–Crippen MR) is 72.3 cm³/mol. The van der Waals surface area contributed by atoms with Crippen molar-refractivity contribution in [1.82, 2.24) is 5.32 Å². The molecule has 0 spiro atoms. The molecule has 0 bridgehead atoms. The molecular formula is C14H17NOS. The molecule has 3 heteroatoms. The number of hydrogen-bond donors (Lipinski definition) is 2. The van der Waals surface area contributed by atoms with Gasteiger partial charge in [0.1, 0.15) is 0 Å². The molecule has 0 aliphatic rings. The summed E-state index contributed by atoms with van der Waals surface area (Å²) in [4.78, 5) is 1.38. The molecule has 0 radical (unpaired) electrons. The number of aliphatic hydroxyl groups excluding tert-OH is 1. The summed E-state index contributed by atoms with van der Waals surface area (Å²) in [5, 5.41) is 15.3. The van der Waals surface area contributed by atoms with Crippen molar-refractivity contribution in [3.63, 3.8) is 0 Å². The van der Waals surface area contributed by atoms with Gasteiger partial charge in [-0.25, -0.2) is 0 Å². The van der Waals surface area contributed by atoms with E-state index in [9.17, 15) is 5.11 Å². The molecule has 1 atom stereocenters. The van der Waals surface area contributed by atoms with Gasteiger partial charge in [-0.1, -0.05) is 36.4 Å². The van der Waals surface area contributed by atoms with Crippen molar-refractivity contribution in [3.8, 4) is 0 Å². The van der Waals surface area contributed by atoms with E-state index in [2.05, 4.69) is 22.8 Å². The third-order valence-corrected chi connectivity index (χ3v) is 3.59. The molecule has 1 heterocycles. The van der Waals surface area contributed by atoms with Gasteiger partial charge >= 0.3 is 0 Å². The van der Waals surface area contributed by atoms with Crippen LogP contribution in [0.1, 0.15) is 16.5 Å². The van der Waals surface area contributed by atoms with Gasteiger partial charge in [-0.3, -0.25) is 0 Å². The Kier molecular flexibility index (Phi) is 4.74. The minimum Gasteiger partial charge on any atom is -0.387 e. The van der Waals surface area contributed by atoms with Gasteiger partial charge in [0, 0.05) is 18.0 Å². The highest BCUT2D eigenvalue weighted by Crippen LogP contribution is 2.11. The summed E-state index contributed by atoms with van der Waals surface area (Å²) in [6.07, 6.45) is 0.610. The van der Waals surface area contributed by atoms with E-state index in [1.807, 2.05) is 30.3 Å². The molecule has 0 aliphatic carbocycles. The molecule has 0 fully saturated rings. The van der Waals surface area contributed by atoms with Crippen molar-refractivity contribution in [1.29, 1.82) is 0 Å². The second kappa shape index (κ2) is 6.55. The van der Waals surface area contributed by atoms with Crippen LogP contribution in [-0.2, 0) is 6.42 Å². The molecule has 0 saturated heterocycles. The molecule has 17 heavy (non-hydrogen) atoms. The Labute approximate surface area is 106 Å². The smallest absolute Gasteiger partial charge is 0.0914 e. The fraction of sp³-hybridized carbons (Fsp3) is 0.286. The third kappa shape index (κ3) is 3.97. The second-order valence-corrected chi connectivity index (χ2v) is 4.99. The lowest BCUT2D eigenvalue weighted by atomic mass is 10.1. The summed E-state index contributed by atoms with van der Waals surface area (Å²) in [5.41, 5.74) is 0.969. The van der Waals surface area contributed by atoms with E-state index < -0.39 is 6.10 Å². The molecule has 1 unspecified atom stereocenters. The van der Waals surface area contributed by atoms with Crippen LogP contribution in [-0.4, -0.2) is 18.2 Å². The lowest BCUT2D eigenvalue weighted by Crippen LogP contribution is -2.23. The first-order valence-corrected chi connectivity index (χ1v) is 6.70. The Bertz CT molecular complexity index is 413. The highest BCUT2D eigenvalue weighted by atomic mass is 32.1. The molecule has 1 aromatic carbocycles. The first-order chi connectivity index (χ1) is 8.36. The van der Waals surface area contributed by atoms with Crippen LogP contribution in [0.3, 0.4) is 0 Å². The summed E-state index contributed by atoms with van der Waals surface area (Å²) < 4.78 is 0. The summed E-state index contributed by atoms with van der Waals surface area (Å²) in [7, 11) is 0.